The zero-order valence-electron chi connectivity index (χ0n) is 9.10. The number of carboxylic acid groups (broad SMARTS) is 1. The van der Waals surface area contributed by atoms with Gasteiger partial charge in [0.15, 0.2) is 0 Å². The van der Waals surface area contributed by atoms with Crippen LogP contribution in [0.25, 0.3) is 5.57 Å². The van der Waals surface area contributed by atoms with Gasteiger partial charge in [-0.3, -0.25) is 0 Å². The first kappa shape index (κ1) is 11.9. The molecule has 5 heteroatoms. The minimum absolute atomic E-state index is 0.184. The van der Waals surface area contributed by atoms with E-state index in [1.807, 2.05) is 0 Å². The van der Waals surface area contributed by atoms with Crippen LogP contribution in [0.5, 0.6) is 0 Å². The van der Waals surface area contributed by atoms with Crippen molar-refractivity contribution >= 4 is 11.5 Å². The Morgan fingerprint density at radius 3 is 2.62 bits per heavy atom. The molecule has 0 aliphatic carbocycles. The van der Waals surface area contributed by atoms with Crippen molar-refractivity contribution in [3.8, 4) is 0 Å². The van der Waals surface area contributed by atoms with Crippen molar-refractivity contribution in [2.24, 2.45) is 0 Å². The Morgan fingerprint density at radius 1 is 1.50 bits per heavy atom. The number of carbonyl (C=O) groups is 1. The molecule has 1 N–H and O–H groups in total. The second-order valence-corrected chi connectivity index (χ2v) is 3.12. The van der Waals surface area contributed by atoms with E-state index in [4.69, 9.17) is 9.52 Å². The van der Waals surface area contributed by atoms with Gasteiger partial charge >= 0.3 is 5.97 Å². The quantitative estimate of drug-likeness (QED) is 0.620. The van der Waals surface area contributed by atoms with Gasteiger partial charge in [-0.15, -0.1) is 10.2 Å². The van der Waals surface area contributed by atoms with Crippen LogP contribution in [0.1, 0.15) is 18.7 Å². The van der Waals surface area contributed by atoms with E-state index in [1.54, 1.807) is 13.0 Å². The number of aryl methyl sites for hydroxylation is 1. The summed E-state index contributed by atoms with van der Waals surface area (Å²) >= 11 is 0. The first-order valence-corrected chi connectivity index (χ1v) is 4.59. The van der Waals surface area contributed by atoms with E-state index < -0.39 is 5.97 Å². The number of hydrogen-bond acceptors (Lipinski definition) is 4. The van der Waals surface area contributed by atoms with E-state index in [9.17, 15) is 4.79 Å². The van der Waals surface area contributed by atoms with E-state index in [0.717, 1.165) is 0 Å². The zero-order chi connectivity index (χ0) is 12.1. The topological polar surface area (TPSA) is 76.2 Å². The molecule has 0 aliphatic rings. The third kappa shape index (κ3) is 2.91. The maximum atomic E-state index is 10.7. The third-order valence-electron chi connectivity index (χ3n) is 1.78. The molecule has 1 aromatic heterocycles. The lowest BCUT2D eigenvalue weighted by Gasteiger charge is -1.96. The molecule has 0 amide bonds. The average Bonchev–Trinajstić information content (AvgIpc) is 2.64. The standard InChI is InChI=1S/C11H12N2O3/c1-4-5-9(6-7(2)11(14)15)10-13-12-8(3)16-10/h4-6H,1H2,2-3H3,(H,14,15)/b7-6+,9-5+. The highest BCUT2D eigenvalue weighted by molar-refractivity contribution is 5.90. The molecule has 0 saturated carbocycles. The number of carboxylic acids is 1. The number of hydrogen-bond donors (Lipinski definition) is 1. The Balaban J connectivity index is 3.11. The van der Waals surface area contributed by atoms with Crippen LogP contribution in [-0.2, 0) is 4.79 Å². The Labute approximate surface area is 92.8 Å². The zero-order valence-corrected chi connectivity index (χ0v) is 9.10. The van der Waals surface area contributed by atoms with Gasteiger partial charge in [0.2, 0.25) is 11.8 Å². The fourth-order valence-corrected chi connectivity index (χ4v) is 1.02. The van der Waals surface area contributed by atoms with E-state index in [0.29, 0.717) is 11.5 Å². The lowest BCUT2D eigenvalue weighted by molar-refractivity contribution is -0.132. The predicted molar refractivity (Wildman–Crippen MR) is 58.6 cm³/mol. The first-order valence-electron chi connectivity index (χ1n) is 4.59. The number of allylic oxidation sites excluding steroid dienone is 4. The van der Waals surface area contributed by atoms with Crippen molar-refractivity contribution in [2.45, 2.75) is 13.8 Å². The molecule has 0 bridgehead atoms. The Hall–Kier alpha value is -2.17. The van der Waals surface area contributed by atoms with E-state index >= 15 is 0 Å². The normalized spacial score (nSPS) is 12.6. The van der Waals surface area contributed by atoms with Crippen molar-refractivity contribution < 1.29 is 14.3 Å². The molecule has 1 aromatic rings. The predicted octanol–water partition coefficient (Wildman–Crippen LogP) is 1.98. The molecular weight excluding hydrogens is 208 g/mol. The molecule has 0 unspecified atom stereocenters. The summed E-state index contributed by atoms with van der Waals surface area (Å²) in [6, 6.07) is 0. The van der Waals surface area contributed by atoms with Gasteiger partial charge in [0.05, 0.1) is 0 Å². The smallest absolute Gasteiger partial charge is 0.331 e. The monoisotopic (exact) mass is 220 g/mol. The molecule has 0 radical (unpaired) electrons. The van der Waals surface area contributed by atoms with Crippen LogP contribution < -0.4 is 0 Å². The van der Waals surface area contributed by atoms with E-state index in [-0.39, 0.29) is 11.5 Å². The number of aliphatic carboxylic acids is 1. The maximum Gasteiger partial charge on any atom is 0.331 e. The molecule has 0 fully saturated rings. The van der Waals surface area contributed by atoms with Crippen molar-refractivity contribution in [2.75, 3.05) is 0 Å². The Bertz CT molecular complexity index is 469. The first-order chi connectivity index (χ1) is 7.54. The molecule has 5 nitrogen and oxygen atoms in total. The van der Waals surface area contributed by atoms with E-state index in [1.165, 1.54) is 19.1 Å². The number of aromatic nitrogens is 2. The third-order valence-corrected chi connectivity index (χ3v) is 1.78. The van der Waals surface area contributed by atoms with Crippen LogP contribution in [0.4, 0.5) is 0 Å². The molecule has 0 atom stereocenters. The molecule has 1 heterocycles. The fraction of sp³-hybridized carbons (Fsp3) is 0.182. The average molecular weight is 220 g/mol. The summed E-state index contributed by atoms with van der Waals surface area (Å²) in [6.45, 7) is 6.69. The van der Waals surface area contributed by atoms with Crippen molar-refractivity contribution in [1.29, 1.82) is 0 Å². The minimum Gasteiger partial charge on any atom is -0.478 e. The molecule has 0 saturated heterocycles. The molecule has 0 aromatic carbocycles. The van der Waals surface area contributed by atoms with Gasteiger partial charge in [-0.1, -0.05) is 18.7 Å². The maximum absolute atomic E-state index is 10.7. The van der Waals surface area contributed by atoms with Gasteiger partial charge in [-0.2, -0.15) is 0 Å². The second-order valence-electron chi connectivity index (χ2n) is 3.12. The van der Waals surface area contributed by atoms with Crippen LogP contribution in [-0.4, -0.2) is 21.3 Å². The van der Waals surface area contributed by atoms with Gasteiger partial charge in [0.25, 0.3) is 0 Å². The highest BCUT2D eigenvalue weighted by Crippen LogP contribution is 2.16. The Morgan fingerprint density at radius 2 is 2.19 bits per heavy atom. The highest BCUT2D eigenvalue weighted by Gasteiger charge is 2.08. The fourth-order valence-electron chi connectivity index (χ4n) is 1.02. The summed E-state index contributed by atoms with van der Waals surface area (Å²) in [5.41, 5.74) is 0.708. The lowest BCUT2D eigenvalue weighted by Crippen LogP contribution is -1.96. The molecule has 84 valence electrons. The van der Waals surface area contributed by atoms with E-state index in [2.05, 4.69) is 16.8 Å². The summed E-state index contributed by atoms with van der Waals surface area (Å²) in [4.78, 5) is 10.7. The van der Waals surface area contributed by atoms with Gasteiger partial charge < -0.3 is 9.52 Å². The molecular formula is C11H12N2O3. The van der Waals surface area contributed by atoms with Crippen molar-refractivity contribution in [3.63, 3.8) is 0 Å². The van der Waals surface area contributed by atoms with Crippen molar-refractivity contribution in [3.05, 3.63) is 42.2 Å². The molecule has 16 heavy (non-hydrogen) atoms. The van der Waals surface area contributed by atoms with Crippen LogP contribution in [0.3, 0.4) is 0 Å². The van der Waals surface area contributed by atoms with Gasteiger partial charge in [0.1, 0.15) is 0 Å². The van der Waals surface area contributed by atoms with Crippen LogP contribution in [0.2, 0.25) is 0 Å². The molecule has 1 rings (SSSR count). The Kier molecular flexibility index (Phi) is 3.77. The largest absolute Gasteiger partial charge is 0.478 e. The van der Waals surface area contributed by atoms with Crippen molar-refractivity contribution in [1.82, 2.24) is 10.2 Å². The minimum atomic E-state index is -0.994. The second kappa shape index (κ2) is 5.06. The van der Waals surface area contributed by atoms with Gasteiger partial charge in [0, 0.05) is 18.1 Å². The van der Waals surface area contributed by atoms with Crippen LogP contribution >= 0.6 is 0 Å². The summed E-state index contributed by atoms with van der Waals surface area (Å²) < 4.78 is 5.20. The van der Waals surface area contributed by atoms with Gasteiger partial charge in [-0.25, -0.2) is 4.79 Å². The lowest BCUT2D eigenvalue weighted by atomic mass is 10.1. The number of rotatable bonds is 4. The summed E-state index contributed by atoms with van der Waals surface area (Å²) in [6.07, 6.45) is 4.59. The summed E-state index contributed by atoms with van der Waals surface area (Å²) in [7, 11) is 0. The molecule has 0 spiro atoms. The SMILES string of the molecule is C=C/C=C(\C=C(/C)C(=O)O)c1nnc(C)o1. The van der Waals surface area contributed by atoms with Gasteiger partial charge in [-0.05, 0) is 13.0 Å². The highest BCUT2D eigenvalue weighted by atomic mass is 16.4. The number of nitrogens with zero attached hydrogens (tertiary/aromatic N) is 2. The summed E-state index contributed by atoms with van der Waals surface area (Å²) in [5, 5.41) is 16.2. The van der Waals surface area contributed by atoms with Crippen LogP contribution in [0.15, 0.2) is 34.8 Å². The summed E-state index contributed by atoms with van der Waals surface area (Å²) in [5.74, 6) is -0.296. The molecule has 0 aliphatic heterocycles. The van der Waals surface area contributed by atoms with Crippen LogP contribution in [0, 0.1) is 6.92 Å².